The van der Waals surface area contributed by atoms with E-state index in [2.05, 4.69) is 22.9 Å². The molecule has 0 radical (unpaired) electrons. The van der Waals surface area contributed by atoms with Gasteiger partial charge in [-0.05, 0) is 13.0 Å². The van der Waals surface area contributed by atoms with Gasteiger partial charge in [-0.1, -0.05) is 13.3 Å². The van der Waals surface area contributed by atoms with Crippen LogP contribution in [0.25, 0.3) is 0 Å². The van der Waals surface area contributed by atoms with E-state index in [0.717, 1.165) is 26.2 Å². The van der Waals surface area contributed by atoms with Gasteiger partial charge in [0.05, 0.1) is 6.54 Å². The quantitative estimate of drug-likeness (QED) is 0.356. The minimum absolute atomic E-state index is 0.0381. The van der Waals surface area contributed by atoms with Gasteiger partial charge in [-0.3, -0.25) is 4.79 Å². The number of carboxylic acid groups (broad SMARTS) is 1. The lowest BCUT2D eigenvalue weighted by atomic mass is 10.3. The molecule has 15 heavy (non-hydrogen) atoms. The van der Waals surface area contributed by atoms with Crippen molar-refractivity contribution in [3.8, 4) is 0 Å². The maximum atomic E-state index is 10.1. The molecule has 0 aliphatic heterocycles. The Morgan fingerprint density at radius 2 is 1.53 bits per heavy atom. The fourth-order valence-corrected chi connectivity index (χ4v) is 1.10. The Morgan fingerprint density at radius 1 is 1.00 bits per heavy atom. The number of rotatable bonds is 11. The van der Waals surface area contributed by atoms with Crippen LogP contribution in [-0.2, 0) is 4.79 Å². The average molecular weight is 217 g/mol. The maximum Gasteiger partial charge on any atom is 0.317 e. The Hall–Kier alpha value is -0.650. The number of carbonyl (C=O) groups is 1. The van der Waals surface area contributed by atoms with Gasteiger partial charge in [-0.25, -0.2) is 0 Å². The average Bonchev–Trinajstić information content (AvgIpc) is 2.20. The Balaban J connectivity index is 2.89. The highest BCUT2D eigenvalue weighted by molar-refractivity contribution is 5.68. The third-order valence-corrected chi connectivity index (χ3v) is 1.94. The van der Waals surface area contributed by atoms with Gasteiger partial charge in [-0.2, -0.15) is 0 Å². The zero-order valence-corrected chi connectivity index (χ0v) is 9.51. The predicted molar refractivity (Wildman–Crippen MR) is 61.2 cm³/mol. The van der Waals surface area contributed by atoms with Crippen molar-refractivity contribution in [1.29, 1.82) is 0 Å². The van der Waals surface area contributed by atoms with E-state index in [1.807, 2.05) is 0 Å². The number of hydrogen-bond acceptors (Lipinski definition) is 4. The van der Waals surface area contributed by atoms with E-state index >= 15 is 0 Å². The highest BCUT2D eigenvalue weighted by atomic mass is 16.4. The lowest BCUT2D eigenvalue weighted by Crippen LogP contribution is -2.34. The van der Waals surface area contributed by atoms with Gasteiger partial charge in [0.2, 0.25) is 0 Å². The Bertz CT molecular complexity index is 154. The minimum atomic E-state index is -0.809. The second-order valence-electron chi connectivity index (χ2n) is 3.42. The van der Waals surface area contributed by atoms with Crippen LogP contribution in [0.2, 0.25) is 0 Å². The summed E-state index contributed by atoms with van der Waals surface area (Å²) >= 11 is 0. The largest absolute Gasteiger partial charge is 0.480 e. The molecule has 0 saturated carbocycles. The van der Waals surface area contributed by atoms with Gasteiger partial charge >= 0.3 is 5.97 Å². The van der Waals surface area contributed by atoms with Crippen molar-refractivity contribution in [2.75, 3.05) is 39.3 Å². The van der Waals surface area contributed by atoms with Crippen molar-refractivity contribution < 1.29 is 9.90 Å². The Kier molecular flexibility index (Phi) is 10.9. The Morgan fingerprint density at radius 3 is 2.07 bits per heavy atom. The van der Waals surface area contributed by atoms with Crippen LogP contribution in [0.3, 0.4) is 0 Å². The lowest BCUT2D eigenvalue weighted by Gasteiger charge is -2.06. The van der Waals surface area contributed by atoms with E-state index < -0.39 is 5.97 Å². The molecule has 0 rings (SSSR count). The summed E-state index contributed by atoms with van der Waals surface area (Å²) in [7, 11) is 0. The molecular weight excluding hydrogens is 194 g/mol. The molecule has 0 aliphatic rings. The van der Waals surface area contributed by atoms with Gasteiger partial charge < -0.3 is 21.1 Å². The highest BCUT2D eigenvalue weighted by Gasteiger charge is 1.93. The summed E-state index contributed by atoms with van der Waals surface area (Å²) in [6.45, 7) is 6.70. The van der Waals surface area contributed by atoms with Gasteiger partial charge in [-0.15, -0.1) is 0 Å². The molecule has 0 spiro atoms. The summed E-state index contributed by atoms with van der Waals surface area (Å²) in [6, 6.07) is 0. The molecule has 0 aliphatic carbocycles. The van der Waals surface area contributed by atoms with Crippen LogP contribution in [0.4, 0.5) is 0 Å². The Labute approximate surface area is 91.6 Å². The van der Waals surface area contributed by atoms with Crippen LogP contribution in [0.5, 0.6) is 0 Å². The molecule has 0 fully saturated rings. The third kappa shape index (κ3) is 13.3. The molecule has 5 heteroatoms. The third-order valence-electron chi connectivity index (χ3n) is 1.94. The van der Waals surface area contributed by atoms with Crippen molar-refractivity contribution in [2.45, 2.75) is 19.8 Å². The predicted octanol–water partition coefficient (Wildman–Crippen LogP) is -0.360. The van der Waals surface area contributed by atoms with Gasteiger partial charge in [0, 0.05) is 26.2 Å². The molecule has 0 unspecified atom stereocenters. The molecule has 5 nitrogen and oxygen atoms in total. The van der Waals surface area contributed by atoms with Crippen molar-refractivity contribution in [3.63, 3.8) is 0 Å². The zero-order chi connectivity index (χ0) is 11.4. The van der Waals surface area contributed by atoms with E-state index in [1.165, 1.54) is 12.8 Å². The smallest absolute Gasteiger partial charge is 0.317 e. The van der Waals surface area contributed by atoms with E-state index in [1.54, 1.807) is 0 Å². The maximum absolute atomic E-state index is 10.1. The minimum Gasteiger partial charge on any atom is -0.480 e. The molecule has 0 bridgehead atoms. The lowest BCUT2D eigenvalue weighted by molar-refractivity contribution is -0.135. The molecule has 0 aromatic heterocycles. The number of aliphatic carboxylic acids is 1. The standard InChI is InChI=1S/C10H23N3O2/c1-2-3-4-11-5-6-12-7-8-13-9-10(14)15/h11-13H,2-9H2,1H3,(H,14,15). The first-order valence-electron chi connectivity index (χ1n) is 5.61. The molecule has 4 N–H and O–H groups in total. The summed E-state index contributed by atoms with van der Waals surface area (Å²) in [5.41, 5.74) is 0. The first-order valence-corrected chi connectivity index (χ1v) is 5.61. The van der Waals surface area contributed by atoms with Crippen LogP contribution in [0, 0.1) is 0 Å². The summed E-state index contributed by atoms with van der Waals surface area (Å²) in [5, 5.41) is 17.7. The van der Waals surface area contributed by atoms with E-state index in [9.17, 15) is 4.79 Å². The monoisotopic (exact) mass is 217 g/mol. The summed E-state index contributed by atoms with van der Waals surface area (Å²) in [4.78, 5) is 10.1. The SMILES string of the molecule is CCCCNCCNCCNCC(=O)O. The van der Waals surface area contributed by atoms with Crippen LogP contribution in [0.1, 0.15) is 19.8 Å². The van der Waals surface area contributed by atoms with E-state index in [4.69, 9.17) is 5.11 Å². The van der Waals surface area contributed by atoms with Gasteiger partial charge in [0.25, 0.3) is 0 Å². The van der Waals surface area contributed by atoms with Crippen LogP contribution < -0.4 is 16.0 Å². The summed E-state index contributed by atoms with van der Waals surface area (Å²) < 4.78 is 0. The number of unbranched alkanes of at least 4 members (excludes halogenated alkanes) is 1. The van der Waals surface area contributed by atoms with Crippen molar-refractivity contribution in [1.82, 2.24) is 16.0 Å². The van der Waals surface area contributed by atoms with Crippen LogP contribution in [0.15, 0.2) is 0 Å². The number of nitrogens with one attached hydrogen (secondary N) is 3. The zero-order valence-electron chi connectivity index (χ0n) is 9.51. The van der Waals surface area contributed by atoms with E-state index in [0.29, 0.717) is 6.54 Å². The van der Waals surface area contributed by atoms with Crippen molar-refractivity contribution >= 4 is 5.97 Å². The molecule has 0 heterocycles. The van der Waals surface area contributed by atoms with Crippen LogP contribution in [-0.4, -0.2) is 50.3 Å². The fourth-order valence-electron chi connectivity index (χ4n) is 1.10. The summed E-state index contributed by atoms with van der Waals surface area (Å²) in [5.74, 6) is -0.809. The van der Waals surface area contributed by atoms with Crippen molar-refractivity contribution in [2.24, 2.45) is 0 Å². The molecule has 0 atom stereocenters. The molecule has 0 aromatic carbocycles. The molecular formula is C10H23N3O2. The number of hydrogen-bond donors (Lipinski definition) is 4. The molecule has 0 amide bonds. The first kappa shape index (κ1) is 14.3. The van der Waals surface area contributed by atoms with E-state index in [-0.39, 0.29) is 6.54 Å². The van der Waals surface area contributed by atoms with Gasteiger partial charge in [0.15, 0.2) is 0 Å². The second-order valence-corrected chi connectivity index (χ2v) is 3.42. The topological polar surface area (TPSA) is 73.4 Å². The molecule has 90 valence electrons. The first-order chi connectivity index (χ1) is 7.27. The fraction of sp³-hybridized carbons (Fsp3) is 0.900. The van der Waals surface area contributed by atoms with Crippen molar-refractivity contribution in [3.05, 3.63) is 0 Å². The molecule has 0 saturated heterocycles. The number of carboxylic acids is 1. The van der Waals surface area contributed by atoms with Crippen LogP contribution >= 0.6 is 0 Å². The van der Waals surface area contributed by atoms with Gasteiger partial charge in [0.1, 0.15) is 0 Å². The normalized spacial score (nSPS) is 10.5. The highest BCUT2D eigenvalue weighted by Crippen LogP contribution is 1.80. The second kappa shape index (κ2) is 11.4. The summed E-state index contributed by atoms with van der Waals surface area (Å²) in [6.07, 6.45) is 2.44. The molecule has 0 aromatic rings.